The normalized spacial score (nSPS) is 10.1. The van der Waals surface area contributed by atoms with Gasteiger partial charge >= 0.3 is 0 Å². The van der Waals surface area contributed by atoms with Crippen molar-refractivity contribution in [1.82, 2.24) is 0 Å². The summed E-state index contributed by atoms with van der Waals surface area (Å²) >= 11 is 1.56. The molecule has 0 atom stereocenters. The molecule has 21 heavy (non-hydrogen) atoms. The molecule has 0 aliphatic heterocycles. The standard InChI is InChI=1S/C16H15FN2OS/c1-2-9-21-15-6-4-3-5-14(15)19-16(20)11-7-8-13(18)12(17)10-11/h2-8,10H,1,9,18H2,(H,19,20). The fraction of sp³-hybridized carbons (Fsp3) is 0.0625. The van der Waals surface area contributed by atoms with E-state index in [1.807, 2.05) is 18.2 Å². The molecule has 0 fully saturated rings. The molecule has 3 N–H and O–H groups in total. The number of rotatable bonds is 5. The lowest BCUT2D eigenvalue weighted by molar-refractivity contribution is 0.102. The summed E-state index contributed by atoms with van der Waals surface area (Å²) in [6.45, 7) is 3.67. The minimum atomic E-state index is -0.600. The average Bonchev–Trinajstić information content (AvgIpc) is 2.49. The maximum atomic E-state index is 13.4. The Morgan fingerprint density at radius 1 is 1.33 bits per heavy atom. The predicted octanol–water partition coefficient (Wildman–Crippen LogP) is 3.94. The van der Waals surface area contributed by atoms with Gasteiger partial charge in [0.15, 0.2) is 0 Å². The number of amides is 1. The summed E-state index contributed by atoms with van der Waals surface area (Å²) in [4.78, 5) is 13.1. The van der Waals surface area contributed by atoms with E-state index in [0.717, 1.165) is 16.7 Å². The molecule has 2 aromatic carbocycles. The van der Waals surface area contributed by atoms with Crippen molar-refractivity contribution in [3.63, 3.8) is 0 Å². The largest absolute Gasteiger partial charge is 0.396 e. The Morgan fingerprint density at radius 3 is 2.81 bits per heavy atom. The Labute approximate surface area is 127 Å². The van der Waals surface area contributed by atoms with Gasteiger partial charge in [0.05, 0.1) is 11.4 Å². The number of nitrogens with one attached hydrogen (secondary N) is 1. The van der Waals surface area contributed by atoms with Crippen molar-refractivity contribution >= 4 is 29.0 Å². The number of para-hydroxylation sites is 1. The van der Waals surface area contributed by atoms with Crippen LogP contribution in [0.25, 0.3) is 0 Å². The molecule has 5 heteroatoms. The van der Waals surface area contributed by atoms with Crippen LogP contribution in [0.1, 0.15) is 10.4 Å². The Morgan fingerprint density at radius 2 is 2.10 bits per heavy atom. The van der Waals surface area contributed by atoms with Crippen LogP contribution >= 0.6 is 11.8 Å². The minimum absolute atomic E-state index is 0.0217. The molecule has 0 spiro atoms. The first-order valence-electron chi connectivity index (χ1n) is 6.31. The average molecular weight is 302 g/mol. The third kappa shape index (κ3) is 3.86. The van der Waals surface area contributed by atoms with Crippen molar-refractivity contribution in [3.05, 3.63) is 66.5 Å². The summed E-state index contributed by atoms with van der Waals surface area (Å²) in [5.74, 6) is -0.235. The summed E-state index contributed by atoms with van der Waals surface area (Å²) in [5, 5.41) is 2.78. The molecule has 108 valence electrons. The third-order valence-electron chi connectivity index (χ3n) is 2.75. The second-order valence-electron chi connectivity index (χ2n) is 4.29. The van der Waals surface area contributed by atoms with Gasteiger partial charge in [-0.3, -0.25) is 4.79 Å². The van der Waals surface area contributed by atoms with Gasteiger partial charge in [0, 0.05) is 16.2 Å². The van der Waals surface area contributed by atoms with E-state index in [0.29, 0.717) is 5.69 Å². The van der Waals surface area contributed by atoms with Crippen LogP contribution in [0.2, 0.25) is 0 Å². The lowest BCUT2D eigenvalue weighted by Crippen LogP contribution is -2.13. The van der Waals surface area contributed by atoms with Gasteiger partial charge in [0.1, 0.15) is 5.82 Å². The molecule has 0 aliphatic rings. The van der Waals surface area contributed by atoms with Gasteiger partial charge < -0.3 is 11.1 Å². The van der Waals surface area contributed by atoms with Crippen LogP contribution in [0.3, 0.4) is 0 Å². The van der Waals surface area contributed by atoms with Crippen LogP contribution in [0.5, 0.6) is 0 Å². The van der Waals surface area contributed by atoms with E-state index >= 15 is 0 Å². The fourth-order valence-electron chi connectivity index (χ4n) is 1.71. The fourth-order valence-corrected chi connectivity index (χ4v) is 2.45. The van der Waals surface area contributed by atoms with Gasteiger partial charge in [-0.1, -0.05) is 18.2 Å². The third-order valence-corrected chi connectivity index (χ3v) is 3.82. The highest BCUT2D eigenvalue weighted by atomic mass is 32.2. The first-order chi connectivity index (χ1) is 10.1. The summed E-state index contributed by atoms with van der Waals surface area (Å²) in [5.41, 5.74) is 6.34. The Balaban J connectivity index is 2.19. The zero-order valence-electron chi connectivity index (χ0n) is 11.3. The molecular formula is C16H15FN2OS. The number of halogens is 1. The van der Waals surface area contributed by atoms with Crippen molar-refractivity contribution in [3.8, 4) is 0 Å². The highest BCUT2D eigenvalue weighted by Gasteiger charge is 2.11. The van der Waals surface area contributed by atoms with E-state index in [1.54, 1.807) is 23.9 Å². The van der Waals surface area contributed by atoms with Crippen LogP contribution in [0.4, 0.5) is 15.8 Å². The molecule has 3 nitrogen and oxygen atoms in total. The molecule has 0 saturated heterocycles. The summed E-state index contributed by atoms with van der Waals surface area (Å²) in [7, 11) is 0. The highest BCUT2D eigenvalue weighted by molar-refractivity contribution is 7.99. The number of carbonyl (C=O) groups excluding carboxylic acids is 1. The van der Waals surface area contributed by atoms with Gasteiger partial charge in [0.25, 0.3) is 5.91 Å². The zero-order chi connectivity index (χ0) is 15.2. The van der Waals surface area contributed by atoms with E-state index in [4.69, 9.17) is 5.73 Å². The highest BCUT2D eigenvalue weighted by Crippen LogP contribution is 2.27. The van der Waals surface area contributed by atoms with E-state index in [2.05, 4.69) is 11.9 Å². The molecule has 0 heterocycles. The SMILES string of the molecule is C=CCSc1ccccc1NC(=O)c1ccc(N)c(F)c1. The van der Waals surface area contributed by atoms with Crippen LogP contribution in [-0.2, 0) is 0 Å². The maximum Gasteiger partial charge on any atom is 0.255 e. The lowest BCUT2D eigenvalue weighted by atomic mass is 10.2. The van der Waals surface area contributed by atoms with E-state index in [-0.39, 0.29) is 17.2 Å². The monoisotopic (exact) mass is 302 g/mol. The van der Waals surface area contributed by atoms with Crippen LogP contribution < -0.4 is 11.1 Å². The lowest BCUT2D eigenvalue weighted by Gasteiger charge is -2.10. The second-order valence-corrected chi connectivity index (χ2v) is 5.35. The first kappa shape index (κ1) is 15.1. The van der Waals surface area contributed by atoms with Crippen molar-refractivity contribution in [2.75, 3.05) is 16.8 Å². The van der Waals surface area contributed by atoms with Crippen molar-refractivity contribution < 1.29 is 9.18 Å². The number of hydrogen-bond donors (Lipinski definition) is 2. The first-order valence-corrected chi connectivity index (χ1v) is 7.29. The van der Waals surface area contributed by atoms with Crippen molar-refractivity contribution in [2.45, 2.75) is 4.90 Å². The molecule has 2 rings (SSSR count). The van der Waals surface area contributed by atoms with Gasteiger partial charge in [-0.2, -0.15) is 0 Å². The van der Waals surface area contributed by atoms with Gasteiger partial charge in [-0.05, 0) is 30.3 Å². The molecule has 0 saturated carbocycles. The minimum Gasteiger partial charge on any atom is -0.396 e. The van der Waals surface area contributed by atoms with Crippen molar-refractivity contribution in [2.24, 2.45) is 0 Å². The van der Waals surface area contributed by atoms with Crippen LogP contribution in [0.15, 0.2) is 60.0 Å². The molecular weight excluding hydrogens is 287 g/mol. The van der Waals surface area contributed by atoms with Gasteiger partial charge in [-0.25, -0.2) is 4.39 Å². The second kappa shape index (κ2) is 6.95. The van der Waals surface area contributed by atoms with E-state index < -0.39 is 5.82 Å². The van der Waals surface area contributed by atoms with E-state index in [9.17, 15) is 9.18 Å². The smallest absolute Gasteiger partial charge is 0.255 e. The Bertz CT molecular complexity index is 673. The zero-order valence-corrected chi connectivity index (χ0v) is 12.1. The summed E-state index contributed by atoms with van der Waals surface area (Å²) in [6, 6.07) is 11.4. The van der Waals surface area contributed by atoms with Crippen LogP contribution in [0, 0.1) is 5.82 Å². The molecule has 1 amide bonds. The molecule has 0 unspecified atom stereocenters. The number of benzene rings is 2. The number of nitrogens with two attached hydrogens (primary N) is 1. The van der Waals surface area contributed by atoms with Gasteiger partial charge in [-0.15, -0.1) is 18.3 Å². The number of carbonyl (C=O) groups is 1. The molecule has 0 bridgehead atoms. The topological polar surface area (TPSA) is 55.1 Å². The predicted molar refractivity (Wildman–Crippen MR) is 86.1 cm³/mol. The Kier molecular flexibility index (Phi) is 5.00. The summed E-state index contributed by atoms with van der Waals surface area (Å²) in [6.07, 6.45) is 1.79. The molecule has 0 aliphatic carbocycles. The number of thioether (sulfide) groups is 1. The molecule has 0 aromatic heterocycles. The maximum absolute atomic E-state index is 13.4. The number of nitrogen functional groups attached to an aromatic ring is 1. The Hall–Kier alpha value is -2.27. The molecule has 2 aromatic rings. The van der Waals surface area contributed by atoms with Crippen molar-refractivity contribution in [1.29, 1.82) is 0 Å². The van der Waals surface area contributed by atoms with E-state index in [1.165, 1.54) is 12.1 Å². The number of anilines is 2. The van der Waals surface area contributed by atoms with Gasteiger partial charge in [0.2, 0.25) is 0 Å². The summed E-state index contributed by atoms with van der Waals surface area (Å²) < 4.78 is 13.4. The van der Waals surface area contributed by atoms with Crippen LogP contribution in [-0.4, -0.2) is 11.7 Å². The quantitative estimate of drug-likeness (QED) is 0.500. The molecule has 0 radical (unpaired) electrons. The number of hydrogen-bond acceptors (Lipinski definition) is 3.